The zero-order chi connectivity index (χ0) is 10.6. The van der Waals surface area contributed by atoms with Gasteiger partial charge in [-0.3, -0.25) is 0 Å². The molecule has 1 aliphatic rings. The highest BCUT2D eigenvalue weighted by molar-refractivity contribution is 4.76. The Morgan fingerprint density at radius 1 is 1.43 bits per heavy atom. The van der Waals surface area contributed by atoms with Crippen molar-refractivity contribution in [1.82, 2.24) is 15.1 Å². The van der Waals surface area contributed by atoms with Gasteiger partial charge in [-0.15, -0.1) is 0 Å². The third-order valence-electron chi connectivity index (χ3n) is 3.28. The van der Waals surface area contributed by atoms with Crippen molar-refractivity contribution >= 4 is 0 Å². The smallest absolute Gasteiger partial charge is 0.0191 e. The van der Waals surface area contributed by atoms with Crippen molar-refractivity contribution in [3.63, 3.8) is 0 Å². The van der Waals surface area contributed by atoms with Crippen molar-refractivity contribution in [2.24, 2.45) is 0 Å². The van der Waals surface area contributed by atoms with Gasteiger partial charge in [-0.05, 0) is 47.5 Å². The number of nitrogens with zero attached hydrogens (tertiary/aromatic N) is 2. The van der Waals surface area contributed by atoms with Gasteiger partial charge in [-0.1, -0.05) is 0 Å². The maximum Gasteiger partial charge on any atom is 0.0191 e. The summed E-state index contributed by atoms with van der Waals surface area (Å²) in [5, 5.41) is 3.30. The van der Waals surface area contributed by atoms with Crippen LogP contribution in [0.15, 0.2) is 0 Å². The Labute approximate surface area is 88.5 Å². The van der Waals surface area contributed by atoms with E-state index in [1.54, 1.807) is 0 Å². The fourth-order valence-corrected chi connectivity index (χ4v) is 2.01. The van der Waals surface area contributed by atoms with Gasteiger partial charge in [0, 0.05) is 25.2 Å². The van der Waals surface area contributed by atoms with Crippen molar-refractivity contribution in [3.05, 3.63) is 0 Å². The molecule has 3 nitrogen and oxygen atoms in total. The Balaban J connectivity index is 2.38. The predicted octanol–water partition coefficient (Wildman–Crippen LogP) is 0.620. The topological polar surface area (TPSA) is 18.5 Å². The highest BCUT2D eigenvalue weighted by Gasteiger charge is 2.19. The number of likely N-dealkylation sites (N-methyl/N-ethyl adjacent to an activating group) is 2. The average Bonchev–Trinajstić information content (AvgIpc) is 2.30. The van der Waals surface area contributed by atoms with E-state index in [1.165, 1.54) is 32.6 Å². The fourth-order valence-electron chi connectivity index (χ4n) is 2.01. The fraction of sp³-hybridized carbons (Fsp3) is 1.00. The molecule has 1 fully saturated rings. The molecule has 2 unspecified atom stereocenters. The molecular weight excluding hydrogens is 174 g/mol. The van der Waals surface area contributed by atoms with Gasteiger partial charge in [0.1, 0.15) is 0 Å². The van der Waals surface area contributed by atoms with Crippen molar-refractivity contribution < 1.29 is 0 Å². The van der Waals surface area contributed by atoms with Gasteiger partial charge in [0.05, 0.1) is 0 Å². The predicted molar refractivity (Wildman–Crippen MR) is 61.7 cm³/mol. The first-order valence-electron chi connectivity index (χ1n) is 5.73. The van der Waals surface area contributed by atoms with E-state index in [2.05, 4.69) is 36.0 Å². The third-order valence-corrected chi connectivity index (χ3v) is 3.28. The SMILES string of the molecule is CNC(C)CN1CCCN(C)C(C)C1. The van der Waals surface area contributed by atoms with Crippen LogP contribution in [-0.4, -0.2) is 62.2 Å². The van der Waals surface area contributed by atoms with Gasteiger partial charge in [-0.25, -0.2) is 0 Å². The van der Waals surface area contributed by atoms with Gasteiger partial charge < -0.3 is 15.1 Å². The molecule has 3 heteroatoms. The van der Waals surface area contributed by atoms with E-state index in [0.717, 1.165) is 0 Å². The number of hydrogen-bond donors (Lipinski definition) is 1. The van der Waals surface area contributed by atoms with Crippen LogP contribution < -0.4 is 5.32 Å². The summed E-state index contributed by atoms with van der Waals surface area (Å²) in [6.45, 7) is 9.45. The molecule has 0 aromatic heterocycles. The summed E-state index contributed by atoms with van der Waals surface area (Å²) in [5.41, 5.74) is 0. The minimum absolute atomic E-state index is 0.602. The van der Waals surface area contributed by atoms with Gasteiger partial charge in [0.25, 0.3) is 0 Å². The molecule has 1 N–H and O–H groups in total. The Kier molecular flexibility index (Phi) is 4.85. The molecule has 14 heavy (non-hydrogen) atoms. The Hall–Kier alpha value is -0.120. The second-order valence-corrected chi connectivity index (χ2v) is 4.63. The van der Waals surface area contributed by atoms with Crippen LogP contribution in [0.25, 0.3) is 0 Å². The van der Waals surface area contributed by atoms with Crippen molar-refractivity contribution in [1.29, 1.82) is 0 Å². The van der Waals surface area contributed by atoms with Crippen molar-refractivity contribution in [3.8, 4) is 0 Å². The third kappa shape index (κ3) is 3.56. The molecule has 0 aromatic rings. The molecule has 1 saturated heterocycles. The van der Waals surface area contributed by atoms with Crippen molar-refractivity contribution in [2.45, 2.75) is 32.4 Å². The van der Waals surface area contributed by atoms with Crippen LogP contribution in [0.3, 0.4) is 0 Å². The molecule has 1 heterocycles. The normalized spacial score (nSPS) is 28.7. The molecule has 84 valence electrons. The van der Waals surface area contributed by atoms with E-state index in [-0.39, 0.29) is 0 Å². The molecule has 0 radical (unpaired) electrons. The first kappa shape index (κ1) is 12.0. The molecule has 0 bridgehead atoms. The number of rotatable bonds is 3. The second kappa shape index (κ2) is 5.69. The number of nitrogens with one attached hydrogen (secondary N) is 1. The largest absolute Gasteiger partial charge is 0.316 e. The summed E-state index contributed by atoms with van der Waals surface area (Å²) >= 11 is 0. The number of hydrogen-bond acceptors (Lipinski definition) is 3. The lowest BCUT2D eigenvalue weighted by Gasteiger charge is -2.27. The molecular formula is C11H25N3. The highest BCUT2D eigenvalue weighted by atomic mass is 15.2. The van der Waals surface area contributed by atoms with Gasteiger partial charge in [-0.2, -0.15) is 0 Å². The van der Waals surface area contributed by atoms with Gasteiger partial charge in [0.15, 0.2) is 0 Å². The van der Waals surface area contributed by atoms with E-state index >= 15 is 0 Å². The minimum atomic E-state index is 0.602. The van der Waals surface area contributed by atoms with E-state index in [9.17, 15) is 0 Å². The highest BCUT2D eigenvalue weighted by Crippen LogP contribution is 2.07. The molecule has 0 spiro atoms. The molecule has 1 aliphatic heterocycles. The molecule has 0 amide bonds. The lowest BCUT2D eigenvalue weighted by atomic mass is 10.2. The van der Waals surface area contributed by atoms with Gasteiger partial charge in [0.2, 0.25) is 0 Å². The summed E-state index contributed by atoms with van der Waals surface area (Å²) in [5.74, 6) is 0. The lowest BCUT2D eigenvalue weighted by molar-refractivity contribution is 0.210. The zero-order valence-electron chi connectivity index (χ0n) is 10.1. The van der Waals surface area contributed by atoms with E-state index < -0.39 is 0 Å². The minimum Gasteiger partial charge on any atom is -0.316 e. The average molecular weight is 199 g/mol. The maximum atomic E-state index is 3.30. The van der Waals surface area contributed by atoms with Crippen LogP contribution in [-0.2, 0) is 0 Å². The standard InChI is InChI=1S/C11H25N3/c1-10(12-3)8-14-7-5-6-13(4)11(2)9-14/h10-12H,5-9H2,1-4H3. The quantitative estimate of drug-likeness (QED) is 0.719. The summed E-state index contributed by atoms with van der Waals surface area (Å²) < 4.78 is 0. The zero-order valence-corrected chi connectivity index (χ0v) is 10.1. The van der Waals surface area contributed by atoms with Crippen LogP contribution in [0.1, 0.15) is 20.3 Å². The van der Waals surface area contributed by atoms with Crippen LogP contribution in [0.5, 0.6) is 0 Å². The summed E-state index contributed by atoms with van der Waals surface area (Å²) in [7, 11) is 4.27. The van der Waals surface area contributed by atoms with E-state index in [0.29, 0.717) is 12.1 Å². The Bertz CT molecular complexity index is 161. The first-order valence-corrected chi connectivity index (χ1v) is 5.73. The van der Waals surface area contributed by atoms with E-state index in [1.807, 2.05) is 7.05 Å². The molecule has 0 saturated carbocycles. The van der Waals surface area contributed by atoms with Gasteiger partial charge >= 0.3 is 0 Å². The summed E-state index contributed by atoms with van der Waals surface area (Å²) in [6, 6.07) is 1.30. The van der Waals surface area contributed by atoms with Crippen LogP contribution in [0.4, 0.5) is 0 Å². The monoisotopic (exact) mass is 199 g/mol. The first-order chi connectivity index (χ1) is 6.63. The molecule has 2 atom stereocenters. The maximum absolute atomic E-state index is 3.30. The lowest BCUT2D eigenvalue weighted by Crippen LogP contribution is -2.42. The molecule has 1 rings (SSSR count). The van der Waals surface area contributed by atoms with Crippen LogP contribution >= 0.6 is 0 Å². The van der Waals surface area contributed by atoms with E-state index in [4.69, 9.17) is 0 Å². The molecule has 0 aromatic carbocycles. The molecule has 0 aliphatic carbocycles. The second-order valence-electron chi connectivity index (χ2n) is 4.63. The summed E-state index contributed by atoms with van der Waals surface area (Å²) in [6.07, 6.45) is 1.30. The Morgan fingerprint density at radius 3 is 2.79 bits per heavy atom. The van der Waals surface area contributed by atoms with Crippen LogP contribution in [0.2, 0.25) is 0 Å². The van der Waals surface area contributed by atoms with Crippen molar-refractivity contribution in [2.75, 3.05) is 40.3 Å². The van der Waals surface area contributed by atoms with Crippen LogP contribution in [0, 0.1) is 0 Å². The summed E-state index contributed by atoms with van der Waals surface area (Å²) in [4.78, 5) is 5.04. The Morgan fingerprint density at radius 2 is 2.14 bits per heavy atom.